The molecule has 0 aliphatic carbocycles. The van der Waals surface area contributed by atoms with Gasteiger partial charge in [0, 0.05) is 16.3 Å². The molecule has 2 N–H and O–H groups in total. The van der Waals surface area contributed by atoms with Crippen LogP contribution in [0.2, 0.25) is 0 Å². The molecule has 0 bridgehead atoms. The van der Waals surface area contributed by atoms with Crippen molar-refractivity contribution >= 4 is 33.3 Å². The van der Waals surface area contributed by atoms with Crippen molar-refractivity contribution in [2.45, 2.75) is 32.6 Å². The summed E-state index contributed by atoms with van der Waals surface area (Å²) in [6.45, 7) is 6.89. The first-order chi connectivity index (χ1) is 10.2. The molecule has 0 unspecified atom stereocenters. The van der Waals surface area contributed by atoms with Crippen molar-refractivity contribution in [1.82, 2.24) is 14.7 Å². The lowest BCUT2D eigenvalue weighted by Gasteiger charge is -2.09. The third-order valence-corrected chi connectivity index (χ3v) is 5.57. The van der Waals surface area contributed by atoms with E-state index >= 15 is 0 Å². The van der Waals surface area contributed by atoms with E-state index in [1.165, 1.54) is 11.3 Å². The lowest BCUT2D eigenvalue weighted by molar-refractivity contribution is 0.256. The van der Waals surface area contributed by atoms with Gasteiger partial charge in [0.25, 0.3) is 10.0 Å². The number of amides is 2. The van der Waals surface area contributed by atoms with Crippen molar-refractivity contribution in [3.63, 3.8) is 0 Å². The maximum Gasteiger partial charge on any atom is 0.335 e. The Bertz CT molecular complexity index is 788. The highest BCUT2D eigenvalue weighted by atomic mass is 32.2. The summed E-state index contributed by atoms with van der Waals surface area (Å²) >= 11 is 1.32. The smallest absolute Gasteiger partial charge is 0.275 e. The second-order valence-electron chi connectivity index (χ2n) is 4.84. The molecule has 0 fully saturated rings. The summed E-state index contributed by atoms with van der Waals surface area (Å²) in [5.41, 5.74) is 1.95. The maximum absolute atomic E-state index is 12.3. The van der Waals surface area contributed by atoms with Crippen LogP contribution in [-0.4, -0.2) is 24.4 Å². The van der Waals surface area contributed by atoms with Crippen LogP contribution >= 0.6 is 11.3 Å². The Morgan fingerprint density at radius 2 is 1.73 bits per heavy atom. The molecule has 2 aromatic rings. The molecule has 0 radical (unpaired) electrons. The normalized spacial score (nSPS) is 11.3. The van der Waals surface area contributed by atoms with E-state index in [0.29, 0.717) is 21.8 Å². The van der Waals surface area contributed by atoms with Gasteiger partial charge in [-0.15, -0.1) is 11.3 Å². The maximum atomic E-state index is 12.3. The van der Waals surface area contributed by atoms with Gasteiger partial charge in [0.15, 0.2) is 0 Å². The van der Waals surface area contributed by atoms with E-state index in [0.717, 1.165) is 0 Å². The third kappa shape index (κ3) is 3.60. The van der Waals surface area contributed by atoms with Crippen molar-refractivity contribution in [2.24, 2.45) is 0 Å². The highest BCUT2D eigenvalue weighted by Gasteiger charge is 2.23. The largest absolute Gasteiger partial charge is 0.335 e. The van der Waals surface area contributed by atoms with Gasteiger partial charge in [-0.05, 0) is 44.7 Å². The van der Waals surface area contributed by atoms with E-state index in [2.05, 4.69) is 15.3 Å². The van der Waals surface area contributed by atoms with Crippen molar-refractivity contribution in [3.05, 3.63) is 33.3 Å². The molecule has 0 spiro atoms. The van der Waals surface area contributed by atoms with Gasteiger partial charge in [0.1, 0.15) is 4.90 Å². The summed E-state index contributed by atoms with van der Waals surface area (Å²) in [4.78, 5) is 20.7. The van der Waals surface area contributed by atoms with Gasteiger partial charge in [-0.2, -0.15) is 0 Å². The summed E-state index contributed by atoms with van der Waals surface area (Å²) in [5.74, 6) is 0.0592. The summed E-state index contributed by atoms with van der Waals surface area (Å²) < 4.78 is 26.5. The predicted molar refractivity (Wildman–Crippen MR) is 84.6 cm³/mol. The molecule has 7 nitrogen and oxygen atoms in total. The number of anilines is 1. The van der Waals surface area contributed by atoms with Crippen molar-refractivity contribution in [2.75, 3.05) is 5.32 Å². The number of aromatic nitrogens is 2. The molecule has 0 atom stereocenters. The number of hydrogen-bond donors (Lipinski definition) is 2. The summed E-state index contributed by atoms with van der Waals surface area (Å²) in [6, 6.07) is 0.854. The van der Waals surface area contributed by atoms with Crippen LogP contribution in [0.25, 0.3) is 0 Å². The number of hydrogen-bond acceptors (Lipinski definition) is 6. The number of rotatable bonds is 3. The average Bonchev–Trinajstić information content (AvgIpc) is 2.66. The van der Waals surface area contributed by atoms with Crippen molar-refractivity contribution < 1.29 is 13.2 Å². The van der Waals surface area contributed by atoms with Gasteiger partial charge in [-0.1, -0.05) is 0 Å². The van der Waals surface area contributed by atoms with Crippen molar-refractivity contribution in [1.29, 1.82) is 0 Å². The molecule has 118 valence electrons. The first-order valence-corrected chi connectivity index (χ1v) is 8.76. The Balaban J connectivity index is 2.18. The van der Waals surface area contributed by atoms with Crippen molar-refractivity contribution in [3.8, 4) is 0 Å². The highest BCUT2D eigenvalue weighted by molar-refractivity contribution is 7.90. The molecular formula is C13H16N4O3S2. The number of nitrogens with one attached hydrogen (secondary N) is 2. The molecule has 2 rings (SSSR count). The molecule has 2 heterocycles. The van der Waals surface area contributed by atoms with E-state index in [4.69, 9.17) is 0 Å². The Kier molecular flexibility index (Phi) is 4.47. The fourth-order valence-corrected chi connectivity index (χ4v) is 4.59. The first-order valence-electron chi connectivity index (χ1n) is 6.40. The Hall–Kier alpha value is -2.00. The number of aryl methyl sites for hydroxylation is 4. The standard InChI is InChI=1S/C13H16N4O3S2/c1-7-6-21-10(4)11(7)22(19,20)17-13(18)16-12-14-8(2)5-9(3)15-12/h5-6H,1-4H3,(H2,14,15,16,17,18). The second kappa shape index (κ2) is 6.01. The zero-order valence-corrected chi connectivity index (χ0v) is 14.2. The minimum Gasteiger partial charge on any atom is -0.275 e. The summed E-state index contributed by atoms with van der Waals surface area (Å²) in [7, 11) is -3.93. The van der Waals surface area contributed by atoms with E-state index in [1.54, 1.807) is 39.1 Å². The summed E-state index contributed by atoms with van der Waals surface area (Å²) in [6.07, 6.45) is 0. The molecule has 22 heavy (non-hydrogen) atoms. The predicted octanol–water partition coefficient (Wildman–Crippen LogP) is 2.28. The monoisotopic (exact) mass is 340 g/mol. The fourth-order valence-electron chi connectivity index (χ4n) is 2.04. The van der Waals surface area contributed by atoms with Crippen LogP contribution in [0.1, 0.15) is 21.8 Å². The van der Waals surface area contributed by atoms with Gasteiger partial charge in [-0.3, -0.25) is 5.32 Å². The lowest BCUT2D eigenvalue weighted by atomic mass is 10.3. The zero-order chi connectivity index (χ0) is 16.5. The average molecular weight is 340 g/mol. The number of thiophene rings is 1. The first kappa shape index (κ1) is 16.4. The van der Waals surface area contributed by atoms with Crippen LogP contribution in [0.4, 0.5) is 10.7 Å². The van der Waals surface area contributed by atoms with E-state index in [-0.39, 0.29) is 10.8 Å². The molecule has 9 heteroatoms. The highest BCUT2D eigenvalue weighted by Crippen LogP contribution is 2.25. The molecule has 0 aromatic carbocycles. The van der Waals surface area contributed by atoms with Crippen LogP contribution in [0.3, 0.4) is 0 Å². The van der Waals surface area contributed by atoms with Crippen LogP contribution < -0.4 is 10.0 Å². The molecule has 2 aromatic heterocycles. The van der Waals surface area contributed by atoms with E-state index < -0.39 is 16.1 Å². The second-order valence-corrected chi connectivity index (χ2v) is 7.54. The minimum absolute atomic E-state index is 0.0592. The zero-order valence-electron chi connectivity index (χ0n) is 12.6. The molecule has 2 amide bonds. The number of nitrogens with zero attached hydrogens (tertiary/aromatic N) is 2. The van der Waals surface area contributed by atoms with Gasteiger partial charge in [0.2, 0.25) is 5.95 Å². The van der Waals surface area contributed by atoms with Gasteiger partial charge in [-0.25, -0.2) is 27.9 Å². The molecule has 0 aliphatic heterocycles. The Labute approximate surface area is 132 Å². The molecule has 0 aliphatic rings. The van der Waals surface area contributed by atoms with E-state index in [9.17, 15) is 13.2 Å². The topological polar surface area (TPSA) is 101 Å². The molecule has 0 saturated carbocycles. The quantitative estimate of drug-likeness (QED) is 0.892. The Morgan fingerprint density at radius 1 is 1.14 bits per heavy atom. The number of carbonyl (C=O) groups is 1. The number of carbonyl (C=O) groups excluding carboxylic acids is 1. The summed E-state index contributed by atoms with van der Waals surface area (Å²) in [5, 5.41) is 4.06. The SMILES string of the molecule is Cc1cc(C)nc(NC(=O)NS(=O)(=O)c2c(C)csc2C)n1. The number of urea groups is 1. The van der Waals surface area contributed by atoms with Gasteiger partial charge < -0.3 is 0 Å². The van der Waals surface area contributed by atoms with Crippen LogP contribution in [0.5, 0.6) is 0 Å². The van der Waals surface area contributed by atoms with Gasteiger partial charge in [0.05, 0.1) is 0 Å². The molecular weight excluding hydrogens is 324 g/mol. The fraction of sp³-hybridized carbons (Fsp3) is 0.308. The minimum atomic E-state index is -3.93. The van der Waals surface area contributed by atoms with Crippen LogP contribution in [0, 0.1) is 27.7 Å². The van der Waals surface area contributed by atoms with Crippen LogP contribution in [-0.2, 0) is 10.0 Å². The van der Waals surface area contributed by atoms with Gasteiger partial charge >= 0.3 is 6.03 Å². The van der Waals surface area contributed by atoms with E-state index in [1.807, 2.05) is 4.72 Å². The Morgan fingerprint density at radius 3 is 2.23 bits per heavy atom. The van der Waals surface area contributed by atoms with Crippen LogP contribution in [0.15, 0.2) is 16.3 Å². The third-order valence-electron chi connectivity index (χ3n) is 2.79. The number of sulfonamides is 1. The molecule has 0 saturated heterocycles. The lowest BCUT2D eigenvalue weighted by Crippen LogP contribution is -2.35.